The molecule has 0 aliphatic rings. The van der Waals surface area contributed by atoms with Gasteiger partial charge in [0.05, 0.1) is 14.2 Å². The van der Waals surface area contributed by atoms with Crippen LogP contribution in [0.2, 0.25) is 0 Å². The minimum atomic E-state index is -0.0159. The molecule has 0 bridgehead atoms. The van der Waals surface area contributed by atoms with E-state index in [1.54, 1.807) is 26.2 Å². The first-order valence-electron chi connectivity index (χ1n) is 7.08. The molecule has 0 fully saturated rings. The van der Waals surface area contributed by atoms with Crippen LogP contribution in [0.4, 0.5) is 0 Å². The van der Waals surface area contributed by atoms with Gasteiger partial charge in [0, 0.05) is 30.8 Å². The van der Waals surface area contributed by atoms with E-state index in [0.717, 1.165) is 16.9 Å². The average Bonchev–Trinajstić information content (AvgIpc) is 2.55. The summed E-state index contributed by atoms with van der Waals surface area (Å²) in [4.78, 5) is 14.1. The quantitative estimate of drug-likeness (QED) is 0.850. The summed E-state index contributed by atoms with van der Waals surface area (Å²) in [5, 5.41) is 0. The zero-order valence-corrected chi connectivity index (χ0v) is 13.4. The van der Waals surface area contributed by atoms with Crippen LogP contribution < -0.4 is 9.47 Å². The Labute approximate surface area is 131 Å². The molecule has 0 unspecified atom stereocenters. The fraction of sp³-hybridized carbons (Fsp3) is 0.278. The van der Waals surface area contributed by atoms with Crippen molar-refractivity contribution in [3.8, 4) is 11.5 Å². The van der Waals surface area contributed by atoms with Crippen molar-refractivity contribution in [2.75, 3.05) is 21.3 Å². The summed E-state index contributed by atoms with van der Waals surface area (Å²) in [5.74, 6) is 1.42. The fourth-order valence-electron chi connectivity index (χ4n) is 2.23. The molecular formula is C18H21NO3. The molecule has 0 radical (unpaired) electrons. The Morgan fingerprint density at radius 2 is 1.73 bits per heavy atom. The Kier molecular flexibility index (Phi) is 5.04. The van der Waals surface area contributed by atoms with Crippen molar-refractivity contribution in [2.45, 2.75) is 13.5 Å². The van der Waals surface area contributed by atoms with Gasteiger partial charge in [-0.05, 0) is 31.2 Å². The maximum absolute atomic E-state index is 12.4. The molecule has 4 heteroatoms. The van der Waals surface area contributed by atoms with E-state index in [1.807, 2.05) is 49.4 Å². The molecule has 1 amide bonds. The lowest BCUT2D eigenvalue weighted by Crippen LogP contribution is -2.26. The monoisotopic (exact) mass is 299 g/mol. The zero-order chi connectivity index (χ0) is 16.1. The summed E-state index contributed by atoms with van der Waals surface area (Å²) in [5.41, 5.74) is 2.75. The highest BCUT2D eigenvalue weighted by molar-refractivity contribution is 5.94. The van der Waals surface area contributed by atoms with Crippen LogP contribution in [0.1, 0.15) is 21.5 Å². The van der Waals surface area contributed by atoms with Crippen LogP contribution in [0.3, 0.4) is 0 Å². The highest BCUT2D eigenvalue weighted by Gasteiger charge is 2.14. The first-order chi connectivity index (χ1) is 10.5. The molecule has 0 spiro atoms. The number of carbonyl (C=O) groups excluding carboxylic acids is 1. The Bertz CT molecular complexity index is 650. The predicted octanol–water partition coefficient (Wildman–Crippen LogP) is 3.28. The lowest BCUT2D eigenvalue weighted by atomic mass is 10.1. The summed E-state index contributed by atoms with van der Waals surface area (Å²) >= 11 is 0. The van der Waals surface area contributed by atoms with E-state index in [2.05, 4.69) is 0 Å². The van der Waals surface area contributed by atoms with Crippen molar-refractivity contribution in [2.24, 2.45) is 0 Å². The minimum Gasteiger partial charge on any atom is -0.497 e. The number of ether oxygens (including phenoxy) is 2. The van der Waals surface area contributed by atoms with Gasteiger partial charge in [0.1, 0.15) is 11.5 Å². The van der Waals surface area contributed by atoms with E-state index in [9.17, 15) is 4.79 Å². The van der Waals surface area contributed by atoms with E-state index in [1.165, 1.54) is 0 Å². The van der Waals surface area contributed by atoms with Crippen molar-refractivity contribution >= 4 is 5.91 Å². The number of aryl methyl sites for hydroxylation is 1. The number of benzene rings is 2. The lowest BCUT2D eigenvalue weighted by Gasteiger charge is -2.19. The first-order valence-corrected chi connectivity index (χ1v) is 7.08. The molecule has 0 aromatic heterocycles. The van der Waals surface area contributed by atoms with Crippen LogP contribution >= 0.6 is 0 Å². The van der Waals surface area contributed by atoms with Gasteiger partial charge in [0.25, 0.3) is 5.91 Å². The second kappa shape index (κ2) is 6.98. The average molecular weight is 299 g/mol. The summed E-state index contributed by atoms with van der Waals surface area (Å²) in [6.07, 6.45) is 0. The molecule has 0 aliphatic heterocycles. The van der Waals surface area contributed by atoms with Crippen molar-refractivity contribution < 1.29 is 14.3 Å². The van der Waals surface area contributed by atoms with Gasteiger partial charge in [0.2, 0.25) is 0 Å². The number of methoxy groups -OCH3 is 2. The number of nitrogens with zero attached hydrogens (tertiary/aromatic N) is 1. The summed E-state index contributed by atoms with van der Waals surface area (Å²) in [6, 6.07) is 13.2. The topological polar surface area (TPSA) is 38.8 Å². The highest BCUT2D eigenvalue weighted by Crippen LogP contribution is 2.25. The molecule has 0 heterocycles. The minimum absolute atomic E-state index is 0.0159. The van der Waals surface area contributed by atoms with E-state index in [4.69, 9.17) is 9.47 Å². The molecule has 0 saturated carbocycles. The van der Waals surface area contributed by atoms with Crippen LogP contribution in [-0.4, -0.2) is 32.1 Å². The van der Waals surface area contributed by atoms with Crippen LogP contribution in [0.25, 0.3) is 0 Å². The van der Waals surface area contributed by atoms with Gasteiger partial charge in [-0.2, -0.15) is 0 Å². The highest BCUT2D eigenvalue weighted by atomic mass is 16.5. The molecule has 0 saturated heterocycles. The van der Waals surface area contributed by atoms with Crippen molar-refractivity contribution in [1.82, 2.24) is 4.90 Å². The van der Waals surface area contributed by atoms with E-state index >= 15 is 0 Å². The third-order valence-electron chi connectivity index (χ3n) is 3.55. The smallest absolute Gasteiger partial charge is 0.253 e. The van der Waals surface area contributed by atoms with Gasteiger partial charge in [-0.15, -0.1) is 0 Å². The standard InChI is InChI=1S/C18H21NO3/c1-13-5-7-14(8-6-13)18(20)19(2)12-15-9-10-16(21-3)11-17(15)22-4/h5-11H,12H2,1-4H3. The van der Waals surface area contributed by atoms with E-state index in [0.29, 0.717) is 17.9 Å². The fourth-order valence-corrected chi connectivity index (χ4v) is 2.23. The Morgan fingerprint density at radius 1 is 1.05 bits per heavy atom. The molecule has 116 valence electrons. The second-order valence-electron chi connectivity index (χ2n) is 5.21. The van der Waals surface area contributed by atoms with E-state index in [-0.39, 0.29) is 5.91 Å². The molecule has 22 heavy (non-hydrogen) atoms. The molecule has 4 nitrogen and oxygen atoms in total. The Morgan fingerprint density at radius 3 is 2.32 bits per heavy atom. The maximum Gasteiger partial charge on any atom is 0.253 e. The third kappa shape index (κ3) is 3.58. The zero-order valence-electron chi connectivity index (χ0n) is 13.4. The number of hydrogen-bond acceptors (Lipinski definition) is 3. The second-order valence-corrected chi connectivity index (χ2v) is 5.21. The third-order valence-corrected chi connectivity index (χ3v) is 3.55. The van der Waals surface area contributed by atoms with Crippen LogP contribution in [0.5, 0.6) is 11.5 Å². The van der Waals surface area contributed by atoms with Crippen LogP contribution in [-0.2, 0) is 6.54 Å². The molecule has 2 aromatic rings. The van der Waals surface area contributed by atoms with Gasteiger partial charge in [-0.3, -0.25) is 4.79 Å². The number of rotatable bonds is 5. The Balaban J connectivity index is 2.16. The number of amides is 1. The van der Waals surface area contributed by atoms with Crippen molar-refractivity contribution in [3.05, 3.63) is 59.2 Å². The van der Waals surface area contributed by atoms with Crippen molar-refractivity contribution in [1.29, 1.82) is 0 Å². The number of carbonyl (C=O) groups is 1. The molecular weight excluding hydrogens is 278 g/mol. The van der Waals surface area contributed by atoms with Gasteiger partial charge in [-0.1, -0.05) is 17.7 Å². The van der Waals surface area contributed by atoms with Crippen LogP contribution in [0.15, 0.2) is 42.5 Å². The predicted molar refractivity (Wildman–Crippen MR) is 86.5 cm³/mol. The van der Waals surface area contributed by atoms with Gasteiger partial charge < -0.3 is 14.4 Å². The normalized spacial score (nSPS) is 10.2. The Hall–Kier alpha value is -2.49. The summed E-state index contributed by atoms with van der Waals surface area (Å²) in [6.45, 7) is 2.47. The van der Waals surface area contributed by atoms with E-state index < -0.39 is 0 Å². The summed E-state index contributed by atoms with van der Waals surface area (Å²) < 4.78 is 10.6. The first kappa shape index (κ1) is 15.9. The molecule has 2 rings (SSSR count). The summed E-state index contributed by atoms with van der Waals surface area (Å²) in [7, 11) is 5.01. The molecule has 0 N–H and O–H groups in total. The molecule has 2 aromatic carbocycles. The van der Waals surface area contributed by atoms with Crippen LogP contribution in [0, 0.1) is 6.92 Å². The van der Waals surface area contributed by atoms with Gasteiger partial charge in [0.15, 0.2) is 0 Å². The molecule has 0 atom stereocenters. The SMILES string of the molecule is COc1ccc(CN(C)C(=O)c2ccc(C)cc2)c(OC)c1. The van der Waals surface area contributed by atoms with Crippen molar-refractivity contribution in [3.63, 3.8) is 0 Å². The maximum atomic E-state index is 12.4. The lowest BCUT2D eigenvalue weighted by molar-refractivity contribution is 0.0784. The van der Waals surface area contributed by atoms with Gasteiger partial charge >= 0.3 is 0 Å². The van der Waals surface area contributed by atoms with Gasteiger partial charge in [-0.25, -0.2) is 0 Å². The largest absolute Gasteiger partial charge is 0.497 e. The number of hydrogen-bond donors (Lipinski definition) is 0. The molecule has 0 aliphatic carbocycles.